The molecule has 0 aliphatic heterocycles. The van der Waals surface area contributed by atoms with Crippen molar-refractivity contribution in [3.63, 3.8) is 0 Å². The van der Waals surface area contributed by atoms with Crippen LogP contribution in [0.5, 0.6) is 0 Å². The molecule has 0 aliphatic rings. The van der Waals surface area contributed by atoms with Crippen LogP contribution in [-0.2, 0) is 28.4 Å². The number of esters is 1. The Balaban J connectivity index is 2.24. The van der Waals surface area contributed by atoms with Crippen molar-refractivity contribution in [3.05, 3.63) is 74.9 Å². The molecule has 0 saturated heterocycles. The molecule has 0 atom stereocenters. The van der Waals surface area contributed by atoms with Gasteiger partial charge < -0.3 is 9.30 Å². The highest BCUT2D eigenvalue weighted by atomic mass is 19.4. The van der Waals surface area contributed by atoms with Crippen LogP contribution < -0.4 is 0 Å². The minimum absolute atomic E-state index is 0.00803. The summed E-state index contributed by atoms with van der Waals surface area (Å²) < 4.78 is 85.7. The molecular formula is C22H14F6N6O2. The molecule has 14 heteroatoms. The Hall–Kier alpha value is -4.50. The minimum atomic E-state index is -5.03. The lowest BCUT2D eigenvalue weighted by Crippen LogP contribution is -2.12. The molecule has 0 fully saturated rings. The molecule has 0 N–H and O–H groups in total. The van der Waals surface area contributed by atoms with Gasteiger partial charge in [-0.05, 0) is 48.4 Å². The van der Waals surface area contributed by atoms with Gasteiger partial charge in [-0.15, -0.1) is 0 Å². The molecule has 0 saturated carbocycles. The highest BCUT2D eigenvalue weighted by molar-refractivity contribution is 6.03. The summed E-state index contributed by atoms with van der Waals surface area (Å²) in [6.07, 6.45) is -6.48. The standard InChI is InChI=1S/C22H14F6N6O2/c1-2-36-20(35)13(9-29)7-14-11-34(19-18(14)17(32-33-30)3-4-31-19)10-12-5-15(21(23,24)25)8-16(6-12)22(26,27)28/h3-8,11H,2,10H2,1H3/b13-7+. The first-order valence-electron chi connectivity index (χ1n) is 9.99. The number of fused-ring (bicyclic) bond motifs is 1. The summed E-state index contributed by atoms with van der Waals surface area (Å²) in [5.74, 6) is -0.956. The highest BCUT2D eigenvalue weighted by Crippen LogP contribution is 2.37. The molecule has 186 valence electrons. The molecule has 0 radical (unpaired) electrons. The maximum Gasteiger partial charge on any atom is 0.416 e. The van der Waals surface area contributed by atoms with E-state index in [2.05, 4.69) is 15.0 Å². The zero-order chi connectivity index (χ0) is 26.7. The highest BCUT2D eigenvalue weighted by Gasteiger charge is 2.37. The van der Waals surface area contributed by atoms with Gasteiger partial charge in [0.2, 0.25) is 0 Å². The number of nitrogens with zero attached hydrogens (tertiary/aromatic N) is 6. The molecule has 1 aromatic carbocycles. The van der Waals surface area contributed by atoms with Crippen LogP contribution in [0.25, 0.3) is 27.6 Å². The van der Waals surface area contributed by atoms with Crippen molar-refractivity contribution in [1.29, 1.82) is 5.26 Å². The van der Waals surface area contributed by atoms with Crippen LogP contribution in [0.1, 0.15) is 29.2 Å². The number of ether oxygens (including phenoxy) is 1. The fraction of sp³-hybridized carbons (Fsp3) is 0.227. The lowest BCUT2D eigenvalue weighted by atomic mass is 10.0. The predicted octanol–water partition coefficient (Wildman–Crippen LogP) is 6.53. The molecule has 2 aromatic heterocycles. The SMILES string of the molecule is CCOC(=O)/C(C#N)=C/c1cn(Cc2cc(C(F)(F)F)cc(C(F)(F)F)c2)c2nccc(N=[N+]=[N-])c12. The lowest BCUT2D eigenvalue weighted by Gasteiger charge is -2.15. The molecule has 0 spiro atoms. The van der Waals surface area contributed by atoms with Gasteiger partial charge in [-0.1, -0.05) is 5.11 Å². The van der Waals surface area contributed by atoms with Crippen molar-refractivity contribution in [3.8, 4) is 6.07 Å². The normalized spacial score (nSPS) is 12.2. The zero-order valence-corrected chi connectivity index (χ0v) is 18.2. The lowest BCUT2D eigenvalue weighted by molar-refractivity contribution is -0.143. The Labute approximate surface area is 198 Å². The molecule has 0 amide bonds. The number of nitriles is 1. The van der Waals surface area contributed by atoms with Gasteiger partial charge in [0.05, 0.1) is 23.4 Å². The number of benzene rings is 1. The number of hydrogen-bond acceptors (Lipinski definition) is 5. The van der Waals surface area contributed by atoms with E-state index < -0.39 is 41.6 Å². The number of carbonyl (C=O) groups is 1. The first kappa shape index (κ1) is 26.1. The van der Waals surface area contributed by atoms with Gasteiger partial charge in [-0.25, -0.2) is 9.78 Å². The Morgan fingerprint density at radius 1 is 1.22 bits per heavy atom. The van der Waals surface area contributed by atoms with Crippen LogP contribution in [0, 0.1) is 11.3 Å². The summed E-state index contributed by atoms with van der Waals surface area (Å²) in [6, 6.07) is 4.14. The smallest absolute Gasteiger partial charge is 0.416 e. The molecular weight excluding hydrogens is 494 g/mol. The van der Waals surface area contributed by atoms with Gasteiger partial charge in [0, 0.05) is 34.8 Å². The van der Waals surface area contributed by atoms with E-state index in [1.807, 2.05) is 0 Å². The molecule has 2 heterocycles. The summed E-state index contributed by atoms with van der Waals surface area (Å²) in [5, 5.41) is 13.0. The van der Waals surface area contributed by atoms with E-state index in [4.69, 9.17) is 10.3 Å². The summed E-state index contributed by atoms with van der Waals surface area (Å²) in [7, 11) is 0. The number of aromatic nitrogens is 2. The first-order chi connectivity index (χ1) is 16.9. The average molecular weight is 508 g/mol. The van der Waals surface area contributed by atoms with Gasteiger partial charge in [0.25, 0.3) is 0 Å². The van der Waals surface area contributed by atoms with Crippen LogP contribution in [0.3, 0.4) is 0 Å². The number of alkyl halides is 6. The third-order valence-corrected chi connectivity index (χ3v) is 4.83. The van der Waals surface area contributed by atoms with E-state index in [9.17, 15) is 36.4 Å². The first-order valence-corrected chi connectivity index (χ1v) is 9.99. The van der Waals surface area contributed by atoms with Crippen molar-refractivity contribution >= 4 is 28.8 Å². The quantitative estimate of drug-likeness (QED) is 0.0715. The predicted molar refractivity (Wildman–Crippen MR) is 114 cm³/mol. The van der Waals surface area contributed by atoms with E-state index in [1.54, 1.807) is 6.07 Å². The van der Waals surface area contributed by atoms with Gasteiger partial charge >= 0.3 is 18.3 Å². The van der Waals surface area contributed by atoms with Crippen LogP contribution >= 0.6 is 0 Å². The number of carbonyl (C=O) groups excluding carboxylic acids is 1. The molecule has 8 nitrogen and oxygen atoms in total. The van der Waals surface area contributed by atoms with Crippen LogP contribution in [0.4, 0.5) is 32.0 Å². The van der Waals surface area contributed by atoms with Crippen molar-refractivity contribution < 1.29 is 35.9 Å². The minimum Gasteiger partial charge on any atom is -0.462 e. The maximum atomic E-state index is 13.3. The fourth-order valence-corrected chi connectivity index (χ4v) is 3.40. The summed E-state index contributed by atoms with van der Waals surface area (Å²) in [6.45, 7) is 1.00. The molecule has 0 bridgehead atoms. The average Bonchev–Trinajstić information content (AvgIpc) is 3.14. The summed E-state index contributed by atoms with van der Waals surface area (Å²) in [5.41, 5.74) is 5.28. The fourth-order valence-electron chi connectivity index (χ4n) is 3.40. The van der Waals surface area contributed by atoms with Crippen molar-refractivity contribution in [2.24, 2.45) is 5.11 Å². The molecule has 0 unspecified atom stereocenters. The van der Waals surface area contributed by atoms with E-state index in [0.717, 1.165) is 6.08 Å². The monoisotopic (exact) mass is 508 g/mol. The number of azide groups is 1. The second kappa shape index (κ2) is 10.0. The summed E-state index contributed by atoms with van der Waals surface area (Å²) >= 11 is 0. The van der Waals surface area contributed by atoms with Crippen molar-refractivity contribution in [1.82, 2.24) is 9.55 Å². The zero-order valence-electron chi connectivity index (χ0n) is 18.2. The van der Waals surface area contributed by atoms with E-state index >= 15 is 0 Å². The topological polar surface area (TPSA) is 117 Å². The van der Waals surface area contributed by atoms with Gasteiger partial charge in [-0.2, -0.15) is 31.6 Å². The van der Waals surface area contributed by atoms with Gasteiger partial charge in [0.1, 0.15) is 17.3 Å². The summed E-state index contributed by atoms with van der Waals surface area (Å²) in [4.78, 5) is 18.9. The number of halogens is 6. The third-order valence-electron chi connectivity index (χ3n) is 4.83. The van der Waals surface area contributed by atoms with E-state index in [1.165, 1.54) is 30.0 Å². The number of pyridine rings is 1. The second-order valence-corrected chi connectivity index (χ2v) is 7.23. The number of hydrogen-bond donors (Lipinski definition) is 0. The van der Waals surface area contributed by atoms with Crippen LogP contribution in [0.15, 0.2) is 47.3 Å². The van der Waals surface area contributed by atoms with E-state index in [0.29, 0.717) is 12.1 Å². The Bertz CT molecular complexity index is 1410. The Kier molecular flexibility index (Phi) is 7.26. The van der Waals surface area contributed by atoms with E-state index in [-0.39, 0.29) is 40.5 Å². The second-order valence-electron chi connectivity index (χ2n) is 7.23. The van der Waals surface area contributed by atoms with Gasteiger partial charge in [0.15, 0.2) is 0 Å². The van der Waals surface area contributed by atoms with Crippen molar-refractivity contribution in [2.75, 3.05) is 6.61 Å². The molecule has 3 rings (SSSR count). The molecule has 0 aliphatic carbocycles. The van der Waals surface area contributed by atoms with Crippen LogP contribution in [0.2, 0.25) is 0 Å². The molecule has 36 heavy (non-hydrogen) atoms. The van der Waals surface area contributed by atoms with Crippen molar-refractivity contribution in [2.45, 2.75) is 25.8 Å². The Morgan fingerprint density at radius 3 is 2.39 bits per heavy atom. The maximum absolute atomic E-state index is 13.3. The Morgan fingerprint density at radius 2 is 1.86 bits per heavy atom. The van der Waals surface area contributed by atoms with Crippen LogP contribution in [-0.4, -0.2) is 22.1 Å². The van der Waals surface area contributed by atoms with Gasteiger partial charge in [-0.3, -0.25) is 0 Å². The number of rotatable bonds is 6. The largest absolute Gasteiger partial charge is 0.462 e. The molecule has 3 aromatic rings. The third kappa shape index (κ3) is 5.59.